The number of carbonyl (C=O) groups excluding carboxylic acids is 1. The van der Waals surface area contributed by atoms with Gasteiger partial charge in [0.2, 0.25) is 0 Å². The van der Waals surface area contributed by atoms with E-state index in [2.05, 4.69) is 35.2 Å². The van der Waals surface area contributed by atoms with Crippen LogP contribution in [0.4, 0.5) is 0 Å². The first-order valence-electron chi connectivity index (χ1n) is 9.44. The van der Waals surface area contributed by atoms with Gasteiger partial charge in [-0.3, -0.25) is 9.69 Å². The van der Waals surface area contributed by atoms with E-state index < -0.39 is 0 Å². The Bertz CT molecular complexity index is 480. The Kier molecular flexibility index (Phi) is 8.23. The fraction of sp³-hybridized carbons (Fsp3) is 0.650. The first-order valence-corrected chi connectivity index (χ1v) is 9.44. The smallest absolute Gasteiger partial charge is 0.141 e. The van der Waals surface area contributed by atoms with Gasteiger partial charge in [0.15, 0.2) is 0 Å². The molecule has 0 unspecified atom stereocenters. The molecule has 3 rings (SSSR count). The average Bonchev–Trinajstić information content (AvgIpc) is 2.62. The van der Waals surface area contributed by atoms with Crippen LogP contribution in [0.25, 0.3) is 0 Å². The summed E-state index contributed by atoms with van der Waals surface area (Å²) in [5, 5.41) is 0. The molecule has 134 valence electrons. The third-order valence-electron chi connectivity index (χ3n) is 5.60. The Morgan fingerprint density at radius 3 is 2.38 bits per heavy atom. The van der Waals surface area contributed by atoms with Gasteiger partial charge in [-0.2, -0.15) is 0 Å². The van der Waals surface area contributed by atoms with Gasteiger partial charge in [-0.15, -0.1) is 0 Å². The number of quaternary nitrogens is 1. The molecule has 1 aromatic rings. The van der Waals surface area contributed by atoms with E-state index in [0.717, 1.165) is 45.4 Å². The molecule has 0 amide bonds. The van der Waals surface area contributed by atoms with Crippen molar-refractivity contribution < 1.29 is 22.1 Å². The maximum absolute atomic E-state index is 12.3. The van der Waals surface area contributed by atoms with Crippen molar-refractivity contribution in [2.45, 2.75) is 45.1 Å². The Morgan fingerprint density at radius 1 is 1.04 bits per heavy atom. The van der Waals surface area contributed by atoms with Crippen molar-refractivity contribution in [2.24, 2.45) is 5.92 Å². The van der Waals surface area contributed by atoms with E-state index in [9.17, 15) is 4.79 Å². The van der Waals surface area contributed by atoms with Crippen molar-refractivity contribution in [1.29, 1.82) is 0 Å². The van der Waals surface area contributed by atoms with Gasteiger partial charge < -0.3 is 17.3 Å². The summed E-state index contributed by atoms with van der Waals surface area (Å²) in [6, 6.07) is 10.7. The van der Waals surface area contributed by atoms with Crippen molar-refractivity contribution in [3.05, 3.63) is 35.9 Å². The summed E-state index contributed by atoms with van der Waals surface area (Å²) >= 11 is 0. The molecule has 4 heteroatoms. The molecule has 0 spiro atoms. The van der Waals surface area contributed by atoms with Crippen LogP contribution in [0.1, 0.15) is 44.1 Å². The number of hydrogen-bond acceptors (Lipinski definition) is 2. The van der Waals surface area contributed by atoms with Gasteiger partial charge in [0.05, 0.1) is 26.1 Å². The number of piperazine rings is 1. The SMILES string of the molecule is O=C(CC[NH+]1CCN(Cc2ccccc2)CC1)C1CCCCC1.[Cl-]. The minimum atomic E-state index is 0. The molecule has 2 aliphatic rings. The topological polar surface area (TPSA) is 24.8 Å². The van der Waals surface area contributed by atoms with E-state index >= 15 is 0 Å². The lowest BCUT2D eigenvalue weighted by molar-refractivity contribution is -0.904. The van der Waals surface area contributed by atoms with Crippen molar-refractivity contribution in [3.8, 4) is 0 Å². The highest BCUT2D eigenvalue weighted by Gasteiger charge is 2.24. The molecule has 1 N–H and O–H groups in total. The van der Waals surface area contributed by atoms with Gasteiger partial charge in [0.1, 0.15) is 5.78 Å². The van der Waals surface area contributed by atoms with Crippen LogP contribution in [0.3, 0.4) is 0 Å². The maximum Gasteiger partial charge on any atom is 0.141 e. The quantitative estimate of drug-likeness (QED) is 0.707. The Labute approximate surface area is 152 Å². The van der Waals surface area contributed by atoms with E-state index in [-0.39, 0.29) is 12.4 Å². The predicted molar refractivity (Wildman–Crippen MR) is 93.5 cm³/mol. The molecule has 3 nitrogen and oxygen atoms in total. The highest BCUT2D eigenvalue weighted by Crippen LogP contribution is 2.24. The molecule has 0 radical (unpaired) electrons. The molecule has 0 bridgehead atoms. The molecule has 0 aromatic heterocycles. The molecule has 2 fully saturated rings. The Morgan fingerprint density at radius 2 is 1.71 bits per heavy atom. The van der Waals surface area contributed by atoms with Crippen LogP contribution >= 0.6 is 0 Å². The minimum absolute atomic E-state index is 0. The summed E-state index contributed by atoms with van der Waals surface area (Å²) in [5.41, 5.74) is 1.41. The number of hydrogen-bond donors (Lipinski definition) is 1. The fourth-order valence-corrected chi connectivity index (χ4v) is 4.05. The van der Waals surface area contributed by atoms with E-state index in [0.29, 0.717) is 11.7 Å². The molecule has 1 aliphatic heterocycles. The highest BCUT2D eigenvalue weighted by atomic mass is 35.5. The van der Waals surface area contributed by atoms with Gasteiger partial charge in [-0.05, 0) is 18.4 Å². The number of ketones is 1. The number of nitrogens with one attached hydrogen (secondary N) is 1. The summed E-state index contributed by atoms with van der Waals surface area (Å²) in [6.07, 6.45) is 6.97. The normalized spacial score (nSPS) is 20.5. The van der Waals surface area contributed by atoms with Crippen LogP contribution in [0.15, 0.2) is 30.3 Å². The number of rotatable bonds is 6. The Hall–Kier alpha value is -0.900. The number of carbonyl (C=O) groups is 1. The second-order valence-electron chi connectivity index (χ2n) is 7.31. The van der Waals surface area contributed by atoms with E-state index in [1.54, 1.807) is 4.90 Å². The molecule has 1 saturated heterocycles. The first kappa shape index (κ1) is 19.4. The van der Waals surface area contributed by atoms with E-state index in [1.807, 2.05) is 0 Å². The van der Waals surface area contributed by atoms with Crippen LogP contribution in [0, 0.1) is 5.92 Å². The monoisotopic (exact) mass is 350 g/mol. The molecule has 1 saturated carbocycles. The van der Waals surface area contributed by atoms with Crippen molar-refractivity contribution in [3.63, 3.8) is 0 Å². The highest BCUT2D eigenvalue weighted by molar-refractivity contribution is 5.81. The summed E-state index contributed by atoms with van der Waals surface area (Å²) in [4.78, 5) is 16.5. The zero-order chi connectivity index (χ0) is 15.9. The average molecular weight is 351 g/mol. The standard InChI is InChI=1S/C20H30N2O.ClH/c23-20(19-9-5-2-6-10-19)11-12-21-13-15-22(16-14-21)17-18-7-3-1-4-8-18;/h1,3-4,7-8,19H,2,5-6,9-17H2;1H. The largest absolute Gasteiger partial charge is 1.00 e. The second-order valence-corrected chi connectivity index (χ2v) is 7.31. The van der Waals surface area contributed by atoms with Crippen molar-refractivity contribution in [2.75, 3.05) is 32.7 Å². The molecular formula is C20H31ClN2O. The van der Waals surface area contributed by atoms with Gasteiger partial charge in [-0.25, -0.2) is 0 Å². The lowest BCUT2D eigenvalue weighted by Crippen LogP contribution is -3.14. The molecular weight excluding hydrogens is 320 g/mol. The minimum Gasteiger partial charge on any atom is -1.00 e. The fourth-order valence-electron chi connectivity index (χ4n) is 4.05. The summed E-state index contributed by atoms with van der Waals surface area (Å²) < 4.78 is 0. The van der Waals surface area contributed by atoms with Crippen LogP contribution in [-0.2, 0) is 11.3 Å². The number of Topliss-reactive ketones (excluding diaryl/α,β-unsaturated/α-hetero) is 1. The van der Waals surface area contributed by atoms with Crippen molar-refractivity contribution >= 4 is 5.78 Å². The van der Waals surface area contributed by atoms with Crippen molar-refractivity contribution in [1.82, 2.24) is 4.90 Å². The van der Waals surface area contributed by atoms with Gasteiger partial charge in [-0.1, -0.05) is 49.6 Å². The van der Waals surface area contributed by atoms with Gasteiger partial charge in [0.25, 0.3) is 0 Å². The lowest BCUT2D eigenvalue weighted by Gasteiger charge is -2.32. The van der Waals surface area contributed by atoms with E-state index in [4.69, 9.17) is 0 Å². The van der Waals surface area contributed by atoms with E-state index in [1.165, 1.54) is 37.9 Å². The van der Waals surface area contributed by atoms with Crippen LogP contribution < -0.4 is 17.3 Å². The molecule has 1 aromatic carbocycles. The summed E-state index contributed by atoms with van der Waals surface area (Å²) in [5.74, 6) is 0.937. The molecule has 0 atom stereocenters. The van der Waals surface area contributed by atoms with Crippen LogP contribution in [0.5, 0.6) is 0 Å². The zero-order valence-corrected chi connectivity index (χ0v) is 15.4. The predicted octanol–water partition coefficient (Wildman–Crippen LogP) is -1.07. The third-order valence-corrected chi connectivity index (χ3v) is 5.60. The second kappa shape index (κ2) is 10.2. The van der Waals surface area contributed by atoms with Crippen LogP contribution in [0.2, 0.25) is 0 Å². The number of benzene rings is 1. The maximum atomic E-state index is 12.3. The zero-order valence-electron chi connectivity index (χ0n) is 14.7. The molecule has 24 heavy (non-hydrogen) atoms. The third kappa shape index (κ3) is 5.87. The summed E-state index contributed by atoms with van der Waals surface area (Å²) in [6.45, 7) is 6.79. The molecule has 1 heterocycles. The van der Waals surface area contributed by atoms with Gasteiger partial charge >= 0.3 is 0 Å². The number of halogens is 1. The Balaban J connectivity index is 0.00000208. The molecule has 1 aliphatic carbocycles. The summed E-state index contributed by atoms with van der Waals surface area (Å²) in [7, 11) is 0. The van der Waals surface area contributed by atoms with Gasteiger partial charge in [0, 0.05) is 25.6 Å². The van der Waals surface area contributed by atoms with Crippen LogP contribution in [-0.4, -0.2) is 43.4 Å². The lowest BCUT2D eigenvalue weighted by atomic mass is 9.85. The number of nitrogens with zero attached hydrogens (tertiary/aromatic N) is 1. The first-order chi connectivity index (χ1) is 11.3.